The van der Waals surface area contributed by atoms with Crippen LogP contribution in [0.3, 0.4) is 0 Å². The summed E-state index contributed by atoms with van der Waals surface area (Å²) >= 11 is 0. The third kappa shape index (κ3) is 5.85. The smallest absolute Gasteiger partial charge is 0.255 e. The van der Waals surface area contributed by atoms with E-state index in [9.17, 15) is 9.18 Å². The molecule has 31 heavy (non-hydrogen) atoms. The molecular formula is C26H28FNO3. The molecule has 3 aromatic rings. The van der Waals surface area contributed by atoms with Crippen LogP contribution in [0.25, 0.3) is 0 Å². The normalized spacial score (nSPS) is 11.1. The molecule has 0 aliphatic heterocycles. The number of rotatable bonds is 7. The molecule has 0 atom stereocenters. The molecule has 5 heteroatoms. The molecule has 0 heterocycles. The molecular weight excluding hydrogens is 393 g/mol. The van der Waals surface area contributed by atoms with E-state index in [-0.39, 0.29) is 23.7 Å². The summed E-state index contributed by atoms with van der Waals surface area (Å²) in [6.07, 6.45) is 0. The molecule has 0 aromatic heterocycles. The van der Waals surface area contributed by atoms with Gasteiger partial charge in [-0.25, -0.2) is 4.39 Å². The van der Waals surface area contributed by atoms with Crippen LogP contribution in [-0.2, 0) is 12.0 Å². The van der Waals surface area contributed by atoms with Gasteiger partial charge in [-0.3, -0.25) is 4.79 Å². The third-order valence-corrected chi connectivity index (χ3v) is 4.80. The van der Waals surface area contributed by atoms with Gasteiger partial charge >= 0.3 is 0 Å². The van der Waals surface area contributed by atoms with Crippen molar-refractivity contribution in [3.8, 4) is 11.5 Å². The van der Waals surface area contributed by atoms with Crippen LogP contribution in [0.2, 0.25) is 0 Å². The molecule has 0 spiro atoms. The lowest BCUT2D eigenvalue weighted by Crippen LogP contribution is -2.14. The van der Waals surface area contributed by atoms with Gasteiger partial charge in [0.1, 0.15) is 23.9 Å². The van der Waals surface area contributed by atoms with Gasteiger partial charge < -0.3 is 14.8 Å². The summed E-state index contributed by atoms with van der Waals surface area (Å²) in [7, 11) is 0. The highest BCUT2D eigenvalue weighted by molar-refractivity contribution is 6.04. The van der Waals surface area contributed by atoms with Gasteiger partial charge in [0.25, 0.3) is 5.91 Å². The van der Waals surface area contributed by atoms with Crippen LogP contribution in [0.4, 0.5) is 10.1 Å². The zero-order valence-electron chi connectivity index (χ0n) is 18.4. The fourth-order valence-electron chi connectivity index (χ4n) is 3.23. The third-order valence-electron chi connectivity index (χ3n) is 4.80. The maximum Gasteiger partial charge on any atom is 0.255 e. The predicted octanol–water partition coefficient (Wildman–Crippen LogP) is 6.35. The fraction of sp³-hybridized carbons (Fsp3) is 0.269. The Morgan fingerprint density at radius 3 is 2.32 bits per heavy atom. The second kappa shape index (κ2) is 9.65. The number of amides is 1. The molecule has 0 bridgehead atoms. The van der Waals surface area contributed by atoms with E-state index in [1.165, 1.54) is 24.3 Å². The fourth-order valence-corrected chi connectivity index (χ4v) is 3.23. The summed E-state index contributed by atoms with van der Waals surface area (Å²) in [4.78, 5) is 12.7. The molecule has 3 aromatic carbocycles. The van der Waals surface area contributed by atoms with E-state index in [1.807, 2.05) is 25.1 Å². The highest BCUT2D eigenvalue weighted by atomic mass is 19.1. The second-order valence-electron chi connectivity index (χ2n) is 8.25. The zero-order valence-corrected chi connectivity index (χ0v) is 18.4. The first-order valence-electron chi connectivity index (χ1n) is 10.3. The van der Waals surface area contributed by atoms with E-state index >= 15 is 0 Å². The van der Waals surface area contributed by atoms with Crippen molar-refractivity contribution in [2.45, 2.75) is 39.7 Å². The first-order valence-corrected chi connectivity index (χ1v) is 10.3. The number of halogens is 1. The monoisotopic (exact) mass is 421 g/mol. The van der Waals surface area contributed by atoms with Crippen molar-refractivity contribution in [2.75, 3.05) is 11.9 Å². The van der Waals surface area contributed by atoms with Crippen LogP contribution >= 0.6 is 0 Å². The number of benzene rings is 3. The van der Waals surface area contributed by atoms with E-state index in [0.29, 0.717) is 23.6 Å². The lowest BCUT2D eigenvalue weighted by molar-refractivity contribution is 0.102. The molecule has 0 aliphatic rings. The van der Waals surface area contributed by atoms with Gasteiger partial charge in [-0.1, -0.05) is 39.0 Å². The number of hydrogen-bond donors (Lipinski definition) is 1. The van der Waals surface area contributed by atoms with Crippen LogP contribution in [0.15, 0.2) is 66.7 Å². The van der Waals surface area contributed by atoms with Crippen molar-refractivity contribution in [2.24, 2.45) is 0 Å². The van der Waals surface area contributed by atoms with E-state index in [0.717, 1.165) is 16.9 Å². The number of carbonyl (C=O) groups is 1. The summed E-state index contributed by atoms with van der Waals surface area (Å²) in [5.74, 6) is 0.840. The van der Waals surface area contributed by atoms with Crippen LogP contribution in [0.5, 0.6) is 11.5 Å². The average molecular weight is 422 g/mol. The van der Waals surface area contributed by atoms with Crippen molar-refractivity contribution in [1.82, 2.24) is 0 Å². The quantitative estimate of drug-likeness (QED) is 0.483. The highest BCUT2D eigenvalue weighted by Gasteiger charge is 2.19. The molecule has 1 N–H and O–H groups in total. The van der Waals surface area contributed by atoms with Crippen molar-refractivity contribution < 1.29 is 18.7 Å². The van der Waals surface area contributed by atoms with E-state index < -0.39 is 0 Å². The Labute approximate surface area is 183 Å². The molecule has 0 radical (unpaired) electrons. The second-order valence-corrected chi connectivity index (χ2v) is 8.25. The Kier molecular flexibility index (Phi) is 6.95. The first-order chi connectivity index (χ1) is 14.8. The summed E-state index contributed by atoms with van der Waals surface area (Å²) in [5, 5.41) is 2.78. The topological polar surface area (TPSA) is 47.6 Å². The maximum atomic E-state index is 13.1. The average Bonchev–Trinajstić information content (AvgIpc) is 2.74. The predicted molar refractivity (Wildman–Crippen MR) is 121 cm³/mol. The van der Waals surface area contributed by atoms with Crippen molar-refractivity contribution in [3.63, 3.8) is 0 Å². The summed E-state index contributed by atoms with van der Waals surface area (Å²) in [6, 6.07) is 18.9. The molecule has 0 aliphatic carbocycles. The van der Waals surface area contributed by atoms with Gasteiger partial charge in [-0.2, -0.15) is 0 Å². The molecule has 0 unspecified atom stereocenters. The SMILES string of the molecule is CCOc1ccc(C(=O)Nc2ccc(F)cc2)cc1COc1ccccc1C(C)(C)C. The minimum Gasteiger partial charge on any atom is -0.493 e. The Balaban J connectivity index is 1.82. The van der Waals surface area contributed by atoms with Gasteiger partial charge in [-0.05, 0) is 66.4 Å². The van der Waals surface area contributed by atoms with Crippen LogP contribution in [-0.4, -0.2) is 12.5 Å². The van der Waals surface area contributed by atoms with Gasteiger partial charge in [0.05, 0.1) is 6.61 Å². The molecule has 4 nitrogen and oxygen atoms in total. The number of nitrogens with one attached hydrogen (secondary N) is 1. The van der Waals surface area contributed by atoms with Crippen LogP contribution < -0.4 is 14.8 Å². The van der Waals surface area contributed by atoms with Crippen molar-refractivity contribution >= 4 is 11.6 Å². The minimum atomic E-state index is -0.353. The zero-order chi connectivity index (χ0) is 22.4. The maximum absolute atomic E-state index is 13.1. The number of para-hydroxylation sites is 1. The largest absolute Gasteiger partial charge is 0.493 e. The van der Waals surface area contributed by atoms with Gasteiger partial charge in [-0.15, -0.1) is 0 Å². The minimum absolute atomic E-state index is 0.0593. The number of hydrogen-bond acceptors (Lipinski definition) is 3. The van der Waals surface area contributed by atoms with E-state index in [4.69, 9.17) is 9.47 Å². The standard InChI is InChI=1S/C26H28FNO3/c1-5-30-23-15-10-18(25(29)28-21-13-11-20(27)12-14-21)16-19(23)17-31-24-9-7-6-8-22(24)26(2,3)4/h6-16H,5,17H2,1-4H3,(H,28,29). The molecule has 0 fully saturated rings. The molecule has 0 saturated heterocycles. The Morgan fingerprint density at radius 1 is 0.935 bits per heavy atom. The summed E-state index contributed by atoms with van der Waals surface area (Å²) in [6.45, 7) is 9.10. The lowest BCUT2D eigenvalue weighted by atomic mass is 9.86. The Hall–Kier alpha value is -3.34. The van der Waals surface area contributed by atoms with Crippen LogP contribution in [0, 0.1) is 5.82 Å². The molecule has 3 rings (SSSR count). The number of carbonyl (C=O) groups excluding carboxylic acids is 1. The summed E-state index contributed by atoms with van der Waals surface area (Å²) < 4.78 is 25.0. The number of ether oxygens (including phenoxy) is 2. The van der Waals surface area contributed by atoms with E-state index in [2.05, 4.69) is 32.2 Å². The Morgan fingerprint density at radius 2 is 1.65 bits per heavy atom. The first kappa shape index (κ1) is 22.3. The summed E-state index contributed by atoms with van der Waals surface area (Å²) in [5.41, 5.74) is 2.82. The molecule has 162 valence electrons. The van der Waals surface area contributed by atoms with Gasteiger partial charge in [0.15, 0.2) is 0 Å². The van der Waals surface area contributed by atoms with Crippen molar-refractivity contribution in [1.29, 1.82) is 0 Å². The van der Waals surface area contributed by atoms with Gasteiger partial charge in [0, 0.05) is 16.8 Å². The number of anilines is 1. The van der Waals surface area contributed by atoms with Crippen molar-refractivity contribution in [3.05, 3.63) is 89.2 Å². The van der Waals surface area contributed by atoms with E-state index in [1.54, 1.807) is 18.2 Å². The molecule has 1 amide bonds. The Bertz CT molecular complexity index is 1040. The lowest BCUT2D eigenvalue weighted by Gasteiger charge is -2.23. The van der Waals surface area contributed by atoms with Crippen LogP contribution in [0.1, 0.15) is 49.2 Å². The van der Waals surface area contributed by atoms with Gasteiger partial charge in [0.2, 0.25) is 0 Å². The highest BCUT2D eigenvalue weighted by Crippen LogP contribution is 2.32. The molecule has 0 saturated carbocycles.